The molecule has 0 unspecified atom stereocenters. The number of nitrogens with one attached hydrogen (secondary N) is 1. The third kappa shape index (κ3) is 6.54. The molecule has 1 aliphatic rings. The molecule has 0 saturated carbocycles. The molecular formula is C32H36N8O3S. The number of carbonyl (C=O) groups excluding carboxylic acids is 1. The third-order valence-corrected chi connectivity index (χ3v) is 8.57. The van der Waals surface area contributed by atoms with Crippen molar-refractivity contribution in [3.8, 4) is 5.75 Å². The fraction of sp³-hybridized carbons (Fsp3) is 0.375. The van der Waals surface area contributed by atoms with E-state index in [1.807, 2.05) is 80.2 Å². The Morgan fingerprint density at radius 2 is 1.77 bits per heavy atom. The summed E-state index contributed by atoms with van der Waals surface area (Å²) in [5, 5.41) is 10.6. The second-order valence-corrected chi connectivity index (χ2v) is 13.2. The van der Waals surface area contributed by atoms with Crippen LogP contribution >= 0.6 is 11.8 Å². The van der Waals surface area contributed by atoms with Gasteiger partial charge in [-0.2, -0.15) is 5.10 Å². The maximum Gasteiger partial charge on any atom is 0.408 e. The summed E-state index contributed by atoms with van der Waals surface area (Å²) >= 11 is 1.46. The van der Waals surface area contributed by atoms with Crippen molar-refractivity contribution in [3.05, 3.63) is 66.6 Å². The number of hydrogen-bond donors (Lipinski definition) is 1. The topological polar surface area (TPSA) is 120 Å². The van der Waals surface area contributed by atoms with E-state index in [4.69, 9.17) is 24.5 Å². The average molecular weight is 613 g/mol. The summed E-state index contributed by atoms with van der Waals surface area (Å²) in [6, 6.07) is 15.9. The van der Waals surface area contributed by atoms with Crippen molar-refractivity contribution >= 4 is 45.7 Å². The van der Waals surface area contributed by atoms with Gasteiger partial charge in [-0.05, 0) is 76.1 Å². The fourth-order valence-corrected chi connectivity index (χ4v) is 6.14. The van der Waals surface area contributed by atoms with Gasteiger partial charge in [0.25, 0.3) is 0 Å². The molecule has 228 valence electrons. The van der Waals surface area contributed by atoms with Gasteiger partial charge < -0.3 is 19.7 Å². The number of ether oxygens (including phenoxy) is 2. The van der Waals surface area contributed by atoms with Crippen LogP contribution in [0.2, 0.25) is 0 Å². The summed E-state index contributed by atoms with van der Waals surface area (Å²) in [6.45, 7) is 9.61. The van der Waals surface area contributed by atoms with Gasteiger partial charge in [-0.15, -0.1) is 0 Å². The van der Waals surface area contributed by atoms with E-state index >= 15 is 0 Å². The maximum absolute atomic E-state index is 12.5. The Hall–Kier alpha value is -4.45. The van der Waals surface area contributed by atoms with Gasteiger partial charge in [-0.25, -0.2) is 29.4 Å². The van der Waals surface area contributed by atoms with Gasteiger partial charge in [-0.1, -0.05) is 30.3 Å². The summed E-state index contributed by atoms with van der Waals surface area (Å²) in [7, 11) is 1.66. The Balaban J connectivity index is 1.29. The molecule has 2 aromatic carbocycles. The monoisotopic (exact) mass is 612 g/mol. The second-order valence-electron chi connectivity index (χ2n) is 12.2. The minimum atomic E-state index is -0.543. The lowest BCUT2D eigenvalue weighted by Crippen LogP contribution is -2.54. The number of hydrogen-bond acceptors (Lipinski definition) is 10. The smallest absolute Gasteiger partial charge is 0.408 e. The molecule has 12 heteroatoms. The molecular weight excluding hydrogens is 576 g/mol. The highest BCUT2D eigenvalue weighted by Gasteiger charge is 2.34. The number of piperidine rings is 1. The van der Waals surface area contributed by atoms with Crippen molar-refractivity contribution in [2.24, 2.45) is 0 Å². The zero-order valence-corrected chi connectivity index (χ0v) is 26.4. The molecule has 0 atom stereocenters. The second kappa shape index (κ2) is 11.9. The van der Waals surface area contributed by atoms with Crippen LogP contribution in [0, 0.1) is 0 Å². The molecule has 4 heterocycles. The molecule has 0 aliphatic carbocycles. The van der Waals surface area contributed by atoms with E-state index < -0.39 is 11.7 Å². The molecule has 1 aliphatic heterocycles. The van der Waals surface area contributed by atoms with E-state index in [0.29, 0.717) is 30.8 Å². The quantitative estimate of drug-likeness (QED) is 0.224. The molecule has 1 saturated heterocycles. The molecule has 3 aromatic heterocycles. The van der Waals surface area contributed by atoms with Gasteiger partial charge in [0.1, 0.15) is 34.0 Å². The highest BCUT2D eigenvalue weighted by atomic mass is 32.2. The normalized spacial score (nSPS) is 15.0. The van der Waals surface area contributed by atoms with Gasteiger partial charge in [0.05, 0.1) is 25.4 Å². The van der Waals surface area contributed by atoms with Crippen LogP contribution in [0.4, 0.5) is 10.6 Å². The minimum Gasteiger partial charge on any atom is -0.497 e. The van der Waals surface area contributed by atoms with Crippen LogP contribution < -0.4 is 15.0 Å². The number of methoxy groups -OCH3 is 1. The van der Waals surface area contributed by atoms with Crippen molar-refractivity contribution in [3.63, 3.8) is 0 Å². The lowest BCUT2D eigenvalue weighted by molar-refractivity contribution is 0.0448. The molecule has 5 aromatic rings. The van der Waals surface area contributed by atoms with Crippen LogP contribution in [0.25, 0.3) is 22.1 Å². The first-order chi connectivity index (χ1) is 21.1. The van der Waals surface area contributed by atoms with Gasteiger partial charge in [-0.3, -0.25) is 0 Å². The third-order valence-electron chi connectivity index (χ3n) is 7.58. The number of anilines is 1. The van der Waals surface area contributed by atoms with Gasteiger partial charge in [0.15, 0.2) is 10.7 Å². The van der Waals surface area contributed by atoms with Crippen LogP contribution in [-0.4, -0.2) is 67.1 Å². The van der Waals surface area contributed by atoms with E-state index in [9.17, 15) is 4.79 Å². The van der Waals surface area contributed by atoms with E-state index in [1.165, 1.54) is 11.8 Å². The first-order valence-electron chi connectivity index (χ1n) is 14.6. The van der Waals surface area contributed by atoms with E-state index in [1.54, 1.807) is 13.4 Å². The van der Waals surface area contributed by atoms with Crippen molar-refractivity contribution in [2.45, 2.75) is 68.3 Å². The number of nitrogens with zero attached hydrogens (tertiary/aromatic N) is 7. The Morgan fingerprint density at radius 3 is 2.50 bits per heavy atom. The molecule has 0 radical (unpaired) electrons. The standard InChI is InChI=1S/C32H36N8O3S/c1-31(2,3)43-30(41)37-32(4)14-16-39(17-15-32)25-18-33-26-27(36-25)40(19-21-10-12-22(42-5)13-11-21)38-29(26)44-28-23-8-6-7-9-24(23)34-20-35-28/h6-13,18,20H,14-17,19H2,1-5H3,(H,37,41). The Bertz CT molecular complexity index is 1790. The molecule has 44 heavy (non-hydrogen) atoms. The van der Waals surface area contributed by atoms with Gasteiger partial charge >= 0.3 is 6.09 Å². The lowest BCUT2D eigenvalue weighted by atomic mass is 9.90. The van der Waals surface area contributed by atoms with Crippen molar-refractivity contribution in [1.29, 1.82) is 0 Å². The molecule has 6 rings (SSSR count). The SMILES string of the molecule is COc1ccc(Cn2nc(Sc3ncnc4ccccc34)c3ncc(N4CCC(C)(NC(=O)OC(C)(C)C)CC4)nc32)cc1. The Labute approximate surface area is 260 Å². The number of rotatable bonds is 7. The number of alkyl carbamates (subject to hydrolysis) is 1. The number of carbonyl (C=O) groups is 1. The number of para-hydroxylation sites is 1. The summed E-state index contributed by atoms with van der Waals surface area (Å²) in [4.78, 5) is 33.6. The van der Waals surface area contributed by atoms with Crippen LogP contribution in [0.1, 0.15) is 46.1 Å². The van der Waals surface area contributed by atoms with E-state index in [0.717, 1.165) is 50.9 Å². The largest absolute Gasteiger partial charge is 0.497 e. The van der Waals surface area contributed by atoms with Crippen molar-refractivity contribution in [1.82, 2.24) is 35.0 Å². The van der Waals surface area contributed by atoms with E-state index in [-0.39, 0.29) is 5.54 Å². The number of aromatic nitrogens is 6. The summed E-state index contributed by atoms with van der Waals surface area (Å²) < 4.78 is 12.7. The summed E-state index contributed by atoms with van der Waals surface area (Å²) in [6.07, 6.45) is 4.50. The van der Waals surface area contributed by atoms with Gasteiger partial charge in [0.2, 0.25) is 0 Å². The number of amides is 1. The number of benzene rings is 2. The molecule has 0 spiro atoms. The van der Waals surface area contributed by atoms with Crippen LogP contribution in [-0.2, 0) is 11.3 Å². The predicted molar refractivity (Wildman–Crippen MR) is 170 cm³/mol. The molecule has 11 nitrogen and oxygen atoms in total. The molecule has 0 bridgehead atoms. The Morgan fingerprint density at radius 1 is 1.02 bits per heavy atom. The maximum atomic E-state index is 12.5. The summed E-state index contributed by atoms with van der Waals surface area (Å²) in [5.41, 5.74) is 2.43. The number of fused-ring (bicyclic) bond motifs is 2. The first-order valence-corrected chi connectivity index (χ1v) is 15.4. The van der Waals surface area contributed by atoms with Crippen LogP contribution in [0.3, 0.4) is 0 Å². The fourth-order valence-electron chi connectivity index (χ4n) is 5.20. The van der Waals surface area contributed by atoms with Crippen LogP contribution in [0.5, 0.6) is 5.75 Å². The zero-order chi connectivity index (χ0) is 30.9. The van der Waals surface area contributed by atoms with Gasteiger partial charge in [0, 0.05) is 24.0 Å². The van der Waals surface area contributed by atoms with Crippen molar-refractivity contribution in [2.75, 3.05) is 25.1 Å². The van der Waals surface area contributed by atoms with Crippen LogP contribution in [0.15, 0.2) is 71.1 Å². The highest BCUT2D eigenvalue weighted by molar-refractivity contribution is 7.99. The minimum absolute atomic E-state index is 0.364. The Kier molecular flexibility index (Phi) is 8.02. The van der Waals surface area contributed by atoms with Crippen molar-refractivity contribution < 1.29 is 14.3 Å². The molecule has 1 fully saturated rings. The average Bonchev–Trinajstić information content (AvgIpc) is 3.32. The highest BCUT2D eigenvalue weighted by Crippen LogP contribution is 2.35. The molecule has 1 N–H and O–H groups in total. The predicted octanol–water partition coefficient (Wildman–Crippen LogP) is 5.86. The zero-order valence-electron chi connectivity index (χ0n) is 25.6. The lowest BCUT2D eigenvalue weighted by Gasteiger charge is -2.40. The molecule has 1 amide bonds. The van der Waals surface area contributed by atoms with E-state index in [2.05, 4.69) is 27.1 Å². The first kappa shape index (κ1) is 29.6. The summed E-state index contributed by atoms with van der Waals surface area (Å²) in [5.74, 6) is 1.57.